The molecule has 4 aromatic rings. The predicted molar refractivity (Wildman–Crippen MR) is 177 cm³/mol. The summed E-state index contributed by atoms with van der Waals surface area (Å²) in [4.78, 5) is 13.7. The Labute approximate surface area is 260 Å². The molecule has 4 bridgehead atoms. The summed E-state index contributed by atoms with van der Waals surface area (Å²) in [7, 11) is 0. The Morgan fingerprint density at radius 2 is 1.09 bits per heavy atom. The molecule has 2 N–H and O–H groups in total. The maximum absolute atomic E-state index is 11.0. The maximum atomic E-state index is 11.0. The molecule has 2 aromatic carbocycles. The molecule has 0 amide bonds. The Hall–Kier alpha value is -3.42. The highest BCUT2D eigenvalue weighted by molar-refractivity contribution is 5.83. The predicted octanol–water partition coefficient (Wildman–Crippen LogP) is 6.33. The number of rotatable bonds is 6. The molecule has 0 saturated carbocycles. The fourth-order valence-corrected chi connectivity index (χ4v) is 8.58. The van der Waals surface area contributed by atoms with Gasteiger partial charge in [-0.1, -0.05) is 48.6 Å². The number of nitrogens with zero attached hydrogens (tertiary/aromatic N) is 4. The first kappa shape index (κ1) is 29.3. The van der Waals surface area contributed by atoms with Crippen molar-refractivity contribution in [3.05, 3.63) is 109 Å². The number of hydrogen-bond acceptors (Lipinski definition) is 6. The lowest BCUT2D eigenvalue weighted by Crippen LogP contribution is -2.54. The largest absolute Gasteiger partial charge is 0.387 e. The van der Waals surface area contributed by atoms with Gasteiger partial charge in [0.1, 0.15) is 0 Å². The monoisotopic (exact) mass is 588 g/mol. The smallest absolute Gasteiger partial charge is 0.0952 e. The first-order chi connectivity index (χ1) is 21.6. The van der Waals surface area contributed by atoms with E-state index in [9.17, 15) is 10.2 Å². The minimum absolute atomic E-state index is 0.223. The van der Waals surface area contributed by atoms with Gasteiger partial charge in [-0.05, 0) is 97.8 Å². The van der Waals surface area contributed by atoms with Crippen LogP contribution < -0.4 is 0 Å². The normalized spacial score (nSPS) is 32.0. The van der Waals surface area contributed by atoms with Crippen LogP contribution in [0.25, 0.3) is 21.8 Å². The zero-order chi connectivity index (χ0) is 30.2. The SMILES string of the molecule is C=CC1CN2CCC1CC2[C@@H](O)c1ccnc2ccccc12.C=CC1CN2CCC1CC2[C@H](O)c1ccnc2ccccc12. The Balaban J connectivity index is 0.000000142. The molecule has 8 heterocycles. The van der Waals surface area contributed by atoms with E-state index in [0.29, 0.717) is 23.7 Å². The molecule has 10 rings (SSSR count). The van der Waals surface area contributed by atoms with Crippen LogP contribution in [-0.4, -0.2) is 68.2 Å². The third kappa shape index (κ3) is 5.39. The van der Waals surface area contributed by atoms with Gasteiger partial charge in [-0.15, -0.1) is 13.2 Å². The van der Waals surface area contributed by atoms with Gasteiger partial charge in [0, 0.05) is 48.3 Å². The molecule has 8 unspecified atom stereocenters. The topological polar surface area (TPSA) is 72.7 Å². The number of para-hydroxylation sites is 2. The lowest BCUT2D eigenvalue weighted by molar-refractivity contribution is -0.0445. The molecular weight excluding hydrogens is 544 g/mol. The summed E-state index contributed by atoms with van der Waals surface area (Å²) in [5.41, 5.74) is 3.94. The van der Waals surface area contributed by atoms with Crippen molar-refractivity contribution >= 4 is 21.8 Å². The zero-order valence-corrected chi connectivity index (χ0v) is 25.5. The summed E-state index contributed by atoms with van der Waals surface area (Å²) in [6, 6.07) is 20.5. The number of hydrogen-bond donors (Lipinski definition) is 2. The summed E-state index contributed by atoms with van der Waals surface area (Å²) in [6.07, 6.45) is 11.5. The average molecular weight is 589 g/mol. The number of fused-ring (bicyclic) bond motifs is 8. The molecule has 0 aliphatic carbocycles. The van der Waals surface area contributed by atoms with Crippen LogP contribution in [0.15, 0.2) is 98.4 Å². The fraction of sp³-hybridized carbons (Fsp3) is 0.421. The number of benzene rings is 2. The van der Waals surface area contributed by atoms with E-state index in [2.05, 4.69) is 57.2 Å². The highest BCUT2D eigenvalue weighted by atomic mass is 16.3. The van der Waals surface area contributed by atoms with Gasteiger partial charge in [0.2, 0.25) is 0 Å². The van der Waals surface area contributed by atoms with E-state index in [1.54, 1.807) is 0 Å². The van der Waals surface area contributed by atoms with Crippen molar-refractivity contribution in [1.82, 2.24) is 19.8 Å². The molecule has 6 heteroatoms. The van der Waals surface area contributed by atoms with Crippen LogP contribution in [0, 0.1) is 23.7 Å². The van der Waals surface area contributed by atoms with Crippen LogP contribution >= 0.6 is 0 Å². The van der Waals surface area contributed by atoms with Crippen molar-refractivity contribution in [3.8, 4) is 0 Å². The second-order valence-electron chi connectivity index (χ2n) is 13.2. The second kappa shape index (κ2) is 12.5. The van der Waals surface area contributed by atoms with Gasteiger partial charge in [-0.2, -0.15) is 0 Å². The molecule has 228 valence electrons. The summed E-state index contributed by atoms with van der Waals surface area (Å²) in [6.45, 7) is 12.2. The number of aliphatic hydroxyl groups is 2. The maximum Gasteiger partial charge on any atom is 0.0952 e. The third-order valence-corrected chi connectivity index (χ3v) is 11.0. The first-order valence-electron chi connectivity index (χ1n) is 16.3. The summed E-state index contributed by atoms with van der Waals surface area (Å²) >= 11 is 0. The van der Waals surface area contributed by atoms with E-state index in [-0.39, 0.29) is 12.1 Å². The Kier molecular flexibility index (Phi) is 8.34. The van der Waals surface area contributed by atoms with E-state index >= 15 is 0 Å². The summed E-state index contributed by atoms with van der Waals surface area (Å²) in [5, 5.41) is 24.2. The number of aromatic nitrogens is 2. The Morgan fingerprint density at radius 3 is 1.48 bits per heavy atom. The molecule has 6 nitrogen and oxygen atoms in total. The minimum Gasteiger partial charge on any atom is -0.387 e. The standard InChI is InChI=1S/2C19H22N2O/c2*1-2-13-12-21-10-8-14(13)11-18(21)19(22)16-7-9-20-17-6-4-3-5-15(16)17/h2*2-7,9,13-14,18-19,22H,1,8,10-12H2/t2*13?,14?,18?,19-/m10/s1. The van der Waals surface area contributed by atoms with E-state index < -0.39 is 12.2 Å². The highest BCUT2D eigenvalue weighted by Crippen LogP contribution is 2.43. The molecule has 0 radical (unpaired) electrons. The van der Waals surface area contributed by atoms with E-state index in [0.717, 1.165) is 72.0 Å². The second-order valence-corrected chi connectivity index (χ2v) is 13.2. The Bertz CT molecular complexity index is 1510. The van der Waals surface area contributed by atoms with Gasteiger partial charge in [0.15, 0.2) is 0 Å². The quantitative estimate of drug-likeness (QED) is 0.257. The van der Waals surface area contributed by atoms with Gasteiger partial charge >= 0.3 is 0 Å². The van der Waals surface area contributed by atoms with E-state index in [1.807, 2.05) is 60.9 Å². The molecule has 2 aromatic heterocycles. The number of aliphatic hydroxyl groups excluding tert-OH is 2. The third-order valence-electron chi connectivity index (χ3n) is 11.0. The lowest BCUT2D eigenvalue weighted by atomic mass is 9.73. The zero-order valence-electron chi connectivity index (χ0n) is 25.5. The summed E-state index contributed by atoms with van der Waals surface area (Å²) < 4.78 is 0. The van der Waals surface area contributed by atoms with Crippen LogP contribution in [0.3, 0.4) is 0 Å². The van der Waals surface area contributed by atoms with Crippen molar-refractivity contribution in [2.75, 3.05) is 26.2 Å². The van der Waals surface area contributed by atoms with Crippen LogP contribution in [0.1, 0.15) is 49.0 Å². The van der Waals surface area contributed by atoms with Crippen molar-refractivity contribution < 1.29 is 10.2 Å². The average Bonchev–Trinajstić information content (AvgIpc) is 3.11. The molecule has 0 spiro atoms. The molecule has 6 aliphatic rings. The van der Waals surface area contributed by atoms with Crippen molar-refractivity contribution in [1.29, 1.82) is 0 Å². The van der Waals surface area contributed by atoms with Gasteiger partial charge in [-0.25, -0.2) is 0 Å². The van der Waals surface area contributed by atoms with Gasteiger partial charge < -0.3 is 10.2 Å². The Morgan fingerprint density at radius 1 is 0.659 bits per heavy atom. The van der Waals surface area contributed by atoms with Crippen LogP contribution in [-0.2, 0) is 0 Å². The van der Waals surface area contributed by atoms with Crippen molar-refractivity contribution in [3.63, 3.8) is 0 Å². The van der Waals surface area contributed by atoms with Crippen molar-refractivity contribution in [2.24, 2.45) is 23.7 Å². The van der Waals surface area contributed by atoms with Crippen LogP contribution in [0.2, 0.25) is 0 Å². The molecule has 10 atom stereocenters. The van der Waals surface area contributed by atoms with Crippen LogP contribution in [0.5, 0.6) is 0 Å². The molecule has 6 saturated heterocycles. The molecule has 6 aliphatic heterocycles. The highest BCUT2D eigenvalue weighted by Gasteiger charge is 2.43. The minimum atomic E-state index is -0.443. The van der Waals surface area contributed by atoms with E-state index in [4.69, 9.17) is 0 Å². The van der Waals surface area contributed by atoms with Gasteiger partial charge in [-0.3, -0.25) is 19.8 Å². The van der Waals surface area contributed by atoms with Gasteiger partial charge in [0.25, 0.3) is 0 Å². The molecular formula is C38H44N4O2. The molecule has 44 heavy (non-hydrogen) atoms. The lowest BCUT2D eigenvalue weighted by Gasteiger charge is -2.50. The number of pyridine rings is 2. The molecule has 6 fully saturated rings. The van der Waals surface area contributed by atoms with Crippen LogP contribution in [0.4, 0.5) is 0 Å². The van der Waals surface area contributed by atoms with Crippen molar-refractivity contribution in [2.45, 2.75) is 50.0 Å². The summed E-state index contributed by atoms with van der Waals surface area (Å²) in [5.74, 6) is 2.53. The van der Waals surface area contributed by atoms with E-state index in [1.165, 1.54) is 12.8 Å². The fourth-order valence-electron chi connectivity index (χ4n) is 8.58. The van der Waals surface area contributed by atoms with Gasteiger partial charge in [0.05, 0.1) is 23.2 Å². The number of piperidine rings is 6. The first-order valence-corrected chi connectivity index (χ1v) is 16.3.